The Balaban J connectivity index is 4.24. The van der Waals surface area contributed by atoms with Crippen LogP contribution in [0.2, 0.25) is 0 Å². The number of carbonyl (C=O) groups is 3. The Hall–Kier alpha value is -1.59. The minimum absolute atomic E-state index is 0.0646. The van der Waals surface area contributed by atoms with E-state index in [2.05, 4.69) is 41.5 Å². The van der Waals surface area contributed by atoms with Crippen molar-refractivity contribution >= 4 is 17.9 Å². The van der Waals surface area contributed by atoms with Crippen molar-refractivity contribution in [3.05, 3.63) is 0 Å². The smallest absolute Gasteiger partial charge is 0.306 e. The number of unbranched alkanes of at least 4 members (excludes halogenated alkanes) is 31. The summed E-state index contributed by atoms with van der Waals surface area (Å²) in [6.45, 7) is 13.8. The van der Waals surface area contributed by atoms with E-state index in [1.54, 1.807) is 0 Å². The zero-order valence-electron chi connectivity index (χ0n) is 43.4. The van der Waals surface area contributed by atoms with Gasteiger partial charge in [0.1, 0.15) is 13.2 Å². The molecular weight excluding hydrogens is 781 g/mol. The molecule has 0 radical (unpaired) electrons. The van der Waals surface area contributed by atoms with Gasteiger partial charge in [-0.25, -0.2) is 0 Å². The van der Waals surface area contributed by atoms with Crippen LogP contribution in [-0.2, 0) is 28.6 Å². The lowest BCUT2D eigenvalue weighted by atomic mass is 9.99. The number of esters is 3. The summed E-state index contributed by atoms with van der Waals surface area (Å²) < 4.78 is 16.8. The fraction of sp³-hybridized carbons (Fsp3) is 0.947. The Morgan fingerprint density at radius 2 is 0.556 bits per heavy atom. The van der Waals surface area contributed by atoms with Gasteiger partial charge in [-0.15, -0.1) is 0 Å². The molecule has 2 unspecified atom stereocenters. The molecule has 0 bridgehead atoms. The fourth-order valence-corrected chi connectivity index (χ4v) is 8.58. The summed E-state index contributed by atoms with van der Waals surface area (Å²) in [4.78, 5) is 38.0. The summed E-state index contributed by atoms with van der Waals surface area (Å²) >= 11 is 0. The molecule has 0 aliphatic heterocycles. The van der Waals surface area contributed by atoms with Crippen LogP contribution >= 0.6 is 0 Å². The predicted molar refractivity (Wildman–Crippen MR) is 270 cm³/mol. The second-order valence-electron chi connectivity index (χ2n) is 20.5. The Morgan fingerprint density at radius 3 is 0.825 bits per heavy atom. The normalized spacial score (nSPS) is 13.0. The number of hydrogen-bond donors (Lipinski definition) is 0. The molecule has 63 heavy (non-hydrogen) atoms. The van der Waals surface area contributed by atoms with E-state index in [1.807, 2.05) is 0 Å². The Labute approximate surface area is 393 Å². The van der Waals surface area contributed by atoms with Crippen LogP contribution in [0.5, 0.6) is 0 Å². The first-order valence-corrected chi connectivity index (χ1v) is 28.2. The van der Waals surface area contributed by atoms with E-state index in [0.717, 1.165) is 75.5 Å². The van der Waals surface area contributed by atoms with Gasteiger partial charge in [-0.2, -0.15) is 0 Å². The average Bonchev–Trinajstić information content (AvgIpc) is 3.27. The van der Waals surface area contributed by atoms with Crippen molar-refractivity contribution in [1.82, 2.24) is 0 Å². The van der Waals surface area contributed by atoms with Gasteiger partial charge in [-0.3, -0.25) is 14.4 Å². The van der Waals surface area contributed by atoms with Crippen LogP contribution < -0.4 is 0 Å². The van der Waals surface area contributed by atoms with Gasteiger partial charge in [-0.05, 0) is 37.0 Å². The van der Waals surface area contributed by atoms with Crippen molar-refractivity contribution in [2.45, 2.75) is 317 Å². The molecule has 0 saturated heterocycles. The second kappa shape index (κ2) is 48.3. The van der Waals surface area contributed by atoms with Gasteiger partial charge in [0.05, 0.1) is 0 Å². The van der Waals surface area contributed by atoms with E-state index < -0.39 is 6.10 Å². The van der Waals surface area contributed by atoms with Crippen molar-refractivity contribution < 1.29 is 28.6 Å². The average molecular weight is 892 g/mol. The van der Waals surface area contributed by atoms with Crippen LogP contribution in [0.25, 0.3) is 0 Å². The van der Waals surface area contributed by atoms with Gasteiger partial charge in [0.15, 0.2) is 6.10 Å². The van der Waals surface area contributed by atoms with E-state index in [0.29, 0.717) is 19.3 Å². The molecule has 0 saturated carbocycles. The highest BCUT2D eigenvalue weighted by Gasteiger charge is 2.19. The topological polar surface area (TPSA) is 78.9 Å². The van der Waals surface area contributed by atoms with Gasteiger partial charge < -0.3 is 14.2 Å². The van der Waals surface area contributed by atoms with Crippen LogP contribution in [0.15, 0.2) is 0 Å². The zero-order valence-corrected chi connectivity index (χ0v) is 43.4. The fourth-order valence-electron chi connectivity index (χ4n) is 8.58. The summed E-state index contributed by atoms with van der Waals surface area (Å²) in [6.07, 6.45) is 49.5. The third-order valence-electron chi connectivity index (χ3n) is 13.6. The van der Waals surface area contributed by atoms with E-state index in [4.69, 9.17) is 14.2 Å². The van der Waals surface area contributed by atoms with Crippen molar-refractivity contribution in [3.63, 3.8) is 0 Å². The lowest BCUT2D eigenvalue weighted by Gasteiger charge is -2.18. The summed E-state index contributed by atoms with van der Waals surface area (Å²) in [5, 5.41) is 0. The highest BCUT2D eigenvalue weighted by atomic mass is 16.6. The maximum absolute atomic E-state index is 12.8. The maximum atomic E-state index is 12.8. The summed E-state index contributed by atoms with van der Waals surface area (Å²) in [7, 11) is 0. The molecule has 0 aromatic rings. The molecule has 0 aliphatic rings. The maximum Gasteiger partial charge on any atom is 0.306 e. The summed E-state index contributed by atoms with van der Waals surface area (Å²) in [6, 6.07) is 0. The minimum Gasteiger partial charge on any atom is -0.462 e. The molecule has 0 rings (SSSR count). The lowest BCUT2D eigenvalue weighted by Crippen LogP contribution is -2.30. The van der Waals surface area contributed by atoms with Crippen LogP contribution in [0.4, 0.5) is 0 Å². The van der Waals surface area contributed by atoms with Crippen LogP contribution in [0.3, 0.4) is 0 Å². The van der Waals surface area contributed by atoms with Gasteiger partial charge in [0.25, 0.3) is 0 Å². The Morgan fingerprint density at radius 1 is 0.317 bits per heavy atom. The zero-order chi connectivity index (χ0) is 46.3. The van der Waals surface area contributed by atoms with Crippen LogP contribution in [-0.4, -0.2) is 37.2 Å². The number of rotatable bonds is 50. The van der Waals surface area contributed by atoms with E-state index in [9.17, 15) is 14.4 Å². The Bertz CT molecular complexity index is 980. The highest BCUT2D eigenvalue weighted by molar-refractivity contribution is 5.71. The molecule has 0 amide bonds. The van der Waals surface area contributed by atoms with Gasteiger partial charge in [0.2, 0.25) is 0 Å². The first-order chi connectivity index (χ1) is 30.7. The second-order valence-corrected chi connectivity index (χ2v) is 20.5. The third-order valence-corrected chi connectivity index (χ3v) is 13.6. The standard InChI is InChI=1S/C57H110O6/c1-7-52(5)44-38-32-25-21-17-13-9-11-15-19-23-27-34-40-46-55(58)61-49-54(50-62-56(59)47-41-35-30-29-31-37-43-51(3)4)63-57(60)48-42-36-28-24-20-16-12-10-14-18-22-26-33-39-45-53(6)8-2/h51-54H,7-50H2,1-6H3/t52?,53?,54-/m1/s1. The van der Waals surface area contributed by atoms with E-state index >= 15 is 0 Å². The number of carbonyl (C=O) groups excluding carboxylic acids is 3. The Kier molecular flexibility index (Phi) is 47.1. The number of ether oxygens (including phenoxy) is 3. The molecule has 0 aliphatic carbocycles. The van der Waals surface area contributed by atoms with Gasteiger partial charge in [-0.1, -0.05) is 273 Å². The molecule has 6 heteroatoms. The molecule has 0 fully saturated rings. The van der Waals surface area contributed by atoms with Crippen LogP contribution in [0.1, 0.15) is 311 Å². The molecule has 6 nitrogen and oxygen atoms in total. The number of hydrogen-bond acceptors (Lipinski definition) is 6. The third kappa shape index (κ3) is 48.2. The molecule has 374 valence electrons. The van der Waals surface area contributed by atoms with Crippen molar-refractivity contribution in [2.75, 3.05) is 13.2 Å². The molecular formula is C57H110O6. The van der Waals surface area contributed by atoms with Crippen molar-refractivity contribution in [3.8, 4) is 0 Å². The summed E-state index contributed by atoms with van der Waals surface area (Å²) in [5.41, 5.74) is 0. The van der Waals surface area contributed by atoms with Crippen molar-refractivity contribution in [1.29, 1.82) is 0 Å². The quantitative estimate of drug-likeness (QED) is 0.0344. The monoisotopic (exact) mass is 891 g/mol. The SMILES string of the molecule is CCC(C)CCCCCCCCCCCCCCCCC(=O)OC[C@H](COC(=O)CCCCCCCCC(C)C)OC(=O)CCCCCCCCCCCCCCCCC(C)CC. The summed E-state index contributed by atoms with van der Waals surface area (Å²) in [5.74, 6) is 1.70. The predicted octanol–water partition coefficient (Wildman–Crippen LogP) is 18.3. The van der Waals surface area contributed by atoms with Crippen LogP contribution in [0, 0.1) is 17.8 Å². The first kappa shape index (κ1) is 61.4. The molecule has 0 aromatic heterocycles. The molecule has 0 N–H and O–H groups in total. The molecule has 3 atom stereocenters. The largest absolute Gasteiger partial charge is 0.462 e. The van der Waals surface area contributed by atoms with E-state index in [-0.39, 0.29) is 31.1 Å². The molecule has 0 aromatic carbocycles. The van der Waals surface area contributed by atoms with E-state index in [1.165, 1.54) is 193 Å². The van der Waals surface area contributed by atoms with Gasteiger partial charge >= 0.3 is 17.9 Å². The first-order valence-electron chi connectivity index (χ1n) is 28.2. The molecule has 0 spiro atoms. The van der Waals surface area contributed by atoms with Gasteiger partial charge in [0, 0.05) is 19.3 Å². The highest BCUT2D eigenvalue weighted by Crippen LogP contribution is 2.19. The lowest BCUT2D eigenvalue weighted by molar-refractivity contribution is -0.167. The van der Waals surface area contributed by atoms with Crippen molar-refractivity contribution in [2.24, 2.45) is 17.8 Å². The minimum atomic E-state index is -0.763. The molecule has 0 heterocycles.